The Morgan fingerprint density at radius 1 is 1.26 bits per heavy atom. The lowest BCUT2D eigenvalue weighted by Gasteiger charge is -2.16. The van der Waals surface area contributed by atoms with Gasteiger partial charge in [0.1, 0.15) is 5.75 Å². The van der Waals surface area contributed by atoms with E-state index >= 15 is 0 Å². The highest BCUT2D eigenvalue weighted by atomic mass is 19.3. The molecule has 0 fully saturated rings. The Bertz CT molecular complexity index is 387. The summed E-state index contributed by atoms with van der Waals surface area (Å²) in [6, 6.07) is 3.88. The highest BCUT2D eigenvalue weighted by Gasteiger charge is 2.11. The zero-order valence-corrected chi connectivity index (χ0v) is 11.5. The van der Waals surface area contributed by atoms with Crippen molar-refractivity contribution in [3.8, 4) is 5.75 Å². The quantitative estimate of drug-likeness (QED) is 0.802. The summed E-state index contributed by atoms with van der Waals surface area (Å²) < 4.78 is 29.0. The van der Waals surface area contributed by atoms with Crippen LogP contribution in [-0.2, 0) is 6.54 Å². The molecule has 3 nitrogen and oxygen atoms in total. The minimum atomic E-state index is -2.80. The van der Waals surface area contributed by atoms with Gasteiger partial charge < -0.3 is 15.2 Å². The standard InChI is InChI=1S/C14H21F2NO2/c1-9-6-12(8-17-11(3)4-5-18)7-10(2)13(9)19-14(15)16/h6-7,11,14,17-18H,4-5,8H2,1-3H3. The first-order valence-electron chi connectivity index (χ1n) is 6.33. The van der Waals surface area contributed by atoms with Gasteiger partial charge in [-0.1, -0.05) is 12.1 Å². The van der Waals surface area contributed by atoms with Crippen LogP contribution in [0.25, 0.3) is 0 Å². The predicted molar refractivity (Wildman–Crippen MR) is 70.6 cm³/mol. The number of halogens is 2. The van der Waals surface area contributed by atoms with E-state index in [4.69, 9.17) is 5.11 Å². The Labute approximate surface area is 112 Å². The summed E-state index contributed by atoms with van der Waals surface area (Å²) in [5.41, 5.74) is 2.42. The molecule has 0 saturated carbocycles. The number of hydrogen-bond acceptors (Lipinski definition) is 3. The number of alkyl halides is 2. The number of hydrogen-bond donors (Lipinski definition) is 2. The molecule has 0 spiro atoms. The van der Waals surface area contributed by atoms with Gasteiger partial charge in [0.05, 0.1) is 0 Å². The number of rotatable bonds is 7. The highest BCUT2D eigenvalue weighted by molar-refractivity contribution is 5.43. The van der Waals surface area contributed by atoms with Crippen molar-refractivity contribution in [1.29, 1.82) is 0 Å². The van der Waals surface area contributed by atoms with Crippen LogP contribution in [0.2, 0.25) is 0 Å². The molecule has 0 amide bonds. The average Bonchev–Trinajstić information content (AvgIpc) is 2.31. The summed E-state index contributed by atoms with van der Waals surface area (Å²) in [4.78, 5) is 0. The predicted octanol–water partition coefficient (Wildman–Crippen LogP) is 2.77. The fraction of sp³-hybridized carbons (Fsp3) is 0.571. The third kappa shape index (κ3) is 5.12. The summed E-state index contributed by atoms with van der Waals surface area (Å²) in [6.45, 7) is 3.48. The maximum absolute atomic E-state index is 12.3. The number of benzene rings is 1. The van der Waals surface area contributed by atoms with Crippen molar-refractivity contribution in [3.63, 3.8) is 0 Å². The van der Waals surface area contributed by atoms with Gasteiger partial charge >= 0.3 is 6.61 Å². The lowest BCUT2D eigenvalue weighted by Crippen LogP contribution is -2.26. The Morgan fingerprint density at radius 2 is 1.84 bits per heavy atom. The van der Waals surface area contributed by atoms with E-state index < -0.39 is 6.61 Å². The minimum Gasteiger partial charge on any atom is -0.434 e. The van der Waals surface area contributed by atoms with Gasteiger partial charge in [-0.2, -0.15) is 8.78 Å². The van der Waals surface area contributed by atoms with Gasteiger partial charge in [-0.25, -0.2) is 0 Å². The van der Waals surface area contributed by atoms with E-state index in [2.05, 4.69) is 10.1 Å². The Hall–Kier alpha value is -1.20. The molecule has 5 heteroatoms. The molecule has 0 aliphatic rings. The Kier molecular flexibility index (Phi) is 6.18. The largest absolute Gasteiger partial charge is 0.434 e. The number of nitrogens with one attached hydrogen (secondary N) is 1. The Morgan fingerprint density at radius 3 is 2.32 bits per heavy atom. The number of aliphatic hydroxyl groups excluding tert-OH is 1. The van der Waals surface area contributed by atoms with Crippen molar-refractivity contribution in [3.05, 3.63) is 28.8 Å². The number of ether oxygens (including phenoxy) is 1. The summed E-state index contributed by atoms with van der Waals surface area (Å²) in [7, 11) is 0. The van der Waals surface area contributed by atoms with Gasteiger partial charge in [0, 0.05) is 19.2 Å². The SMILES string of the molecule is Cc1cc(CNC(C)CCO)cc(C)c1OC(F)F. The van der Waals surface area contributed by atoms with Crippen molar-refractivity contribution in [2.75, 3.05) is 6.61 Å². The molecule has 0 heterocycles. The van der Waals surface area contributed by atoms with Crippen molar-refractivity contribution in [2.24, 2.45) is 0 Å². The van der Waals surface area contributed by atoms with Gasteiger partial charge in [0.25, 0.3) is 0 Å². The van der Waals surface area contributed by atoms with E-state index in [1.54, 1.807) is 13.8 Å². The van der Waals surface area contributed by atoms with Crippen LogP contribution < -0.4 is 10.1 Å². The summed E-state index contributed by atoms with van der Waals surface area (Å²) in [5.74, 6) is 0.252. The summed E-state index contributed by atoms with van der Waals surface area (Å²) >= 11 is 0. The molecule has 0 bridgehead atoms. The van der Waals surface area contributed by atoms with E-state index in [1.807, 2.05) is 19.1 Å². The normalized spacial score (nSPS) is 12.8. The second-order valence-corrected chi connectivity index (χ2v) is 4.73. The molecular formula is C14H21F2NO2. The van der Waals surface area contributed by atoms with Gasteiger partial charge in [-0.05, 0) is 43.9 Å². The van der Waals surface area contributed by atoms with Gasteiger partial charge in [0.2, 0.25) is 0 Å². The smallest absolute Gasteiger partial charge is 0.387 e. The van der Waals surface area contributed by atoms with Crippen LogP contribution in [0.4, 0.5) is 8.78 Å². The maximum atomic E-state index is 12.3. The molecule has 1 rings (SSSR count). The summed E-state index contributed by atoms with van der Waals surface area (Å²) in [6.07, 6.45) is 0.685. The molecule has 2 N–H and O–H groups in total. The molecule has 0 aromatic heterocycles. The van der Waals surface area contributed by atoms with Gasteiger partial charge in [-0.3, -0.25) is 0 Å². The van der Waals surface area contributed by atoms with Crippen LogP contribution in [0.15, 0.2) is 12.1 Å². The first kappa shape index (κ1) is 15.9. The fourth-order valence-electron chi connectivity index (χ4n) is 2.00. The lowest BCUT2D eigenvalue weighted by atomic mass is 10.1. The second kappa shape index (κ2) is 7.40. The fourth-order valence-corrected chi connectivity index (χ4v) is 2.00. The first-order valence-corrected chi connectivity index (χ1v) is 6.33. The van der Waals surface area contributed by atoms with Crippen LogP contribution >= 0.6 is 0 Å². The zero-order valence-electron chi connectivity index (χ0n) is 11.5. The van der Waals surface area contributed by atoms with E-state index in [0.717, 1.165) is 5.56 Å². The molecule has 0 saturated heterocycles. The second-order valence-electron chi connectivity index (χ2n) is 4.73. The molecule has 0 radical (unpaired) electrons. The van der Waals surface area contributed by atoms with E-state index in [9.17, 15) is 8.78 Å². The molecule has 0 aliphatic heterocycles. The molecule has 1 unspecified atom stereocenters. The van der Waals surface area contributed by atoms with Gasteiger partial charge in [-0.15, -0.1) is 0 Å². The lowest BCUT2D eigenvalue weighted by molar-refractivity contribution is -0.0507. The van der Waals surface area contributed by atoms with E-state index in [0.29, 0.717) is 24.1 Å². The van der Waals surface area contributed by atoms with Crippen LogP contribution in [0, 0.1) is 13.8 Å². The van der Waals surface area contributed by atoms with Crippen LogP contribution in [0.1, 0.15) is 30.0 Å². The van der Waals surface area contributed by atoms with Crippen LogP contribution in [0.3, 0.4) is 0 Å². The van der Waals surface area contributed by atoms with Gasteiger partial charge in [0.15, 0.2) is 0 Å². The monoisotopic (exact) mass is 273 g/mol. The maximum Gasteiger partial charge on any atom is 0.387 e. The number of aliphatic hydroxyl groups is 1. The molecule has 0 aliphatic carbocycles. The first-order chi connectivity index (χ1) is 8.93. The zero-order chi connectivity index (χ0) is 14.4. The number of aryl methyl sites for hydroxylation is 2. The molecule has 1 atom stereocenters. The van der Waals surface area contributed by atoms with Crippen molar-refractivity contribution >= 4 is 0 Å². The van der Waals surface area contributed by atoms with Crippen LogP contribution in [-0.4, -0.2) is 24.4 Å². The summed E-state index contributed by atoms with van der Waals surface area (Å²) in [5, 5.41) is 12.1. The van der Waals surface area contributed by atoms with Crippen LogP contribution in [0.5, 0.6) is 5.75 Å². The average molecular weight is 273 g/mol. The van der Waals surface area contributed by atoms with Crippen molar-refractivity contribution in [1.82, 2.24) is 5.32 Å². The topological polar surface area (TPSA) is 41.5 Å². The van der Waals surface area contributed by atoms with E-state index in [1.165, 1.54) is 0 Å². The third-order valence-electron chi connectivity index (χ3n) is 2.94. The highest BCUT2D eigenvalue weighted by Crippen LogP contribution is 2.26. The molecular weight excluding hydrogens is 252 g/mol. The molecule has 1 aromatic rings. The molecule has 1 aromatic carbocycles. The minimum absolute atomic E-state index is 0.146. The van der Waals surface area contributed by atoms with E-state index in [-0.39, 0.29) is 18.4 Å². The molecule has 108 valence electrons. The van der Waals surface area contributed by atoms with Crippen molar-refractivity contribution < 1.29 is 18.6 Å². The Balaban J connectivity index is 2.72. The third-order valence-corrected chi connectivity index (χ3v) is 2.94. The molecule has 19 heavy (non-hydrogen) atoms. The van der Waals surface area contributed by atoms with Crippen molar-refractivity contribution in [2.45, 2.75) is 46.4 Å².